The van der Waals surface area contributed by atoms with Crippen LogP contribution in [0.1, 0.15) is 46.1 Å². The molecule has 2 aliphatic carbocycles. The summed E-state index contributed by atoms with van der Waals surface area (Å²) in [6.45, 7) is 11.7. The van der Waals surface area contributed by atoms with E-state index < -0.39 is 9.52 Å². The molecular weight excluding hydrogens is 459 g/mol. The minimum Gasteiger partial charge on any atom is -1.00 e. The van der Waals surface area contributed by atoms with Gasteiger partial charge < -0.3 is 37.2 Å². The van der Waals surface area contributed by atoms with Crippen molar-refractivity contribution in [3.05, 3.63) is 74.7 Å². The van der Waals surface area contributed by atoms with Gasteiger partial charge in [-0.05, 0) is 0 Å². The van der Waals surface area contributed by atoms with Crippen molar-refractivity contribution in [2.24, 2.45) is 5.41 Å². The van der Waals surface area contributed by atoms with E-state index in [2.05, 4.69) is 104 Å². The van der Waals surface area contributed by atoms with Gasteiger partial charge in [0.05, 0.1) is 0 Å². The van der Waals surface area contributed by atoms with Crippen LogP contribution in [0.5, 0.6) is 0 Å². The van der Waals surface area contributed by atoms with Crippen molar-refractivity contribution in [3.8, 4) is 0 Å². The first-order valence-electron chi connectivity index (χ1n) is 9.29. The molecular formula is C23H29Cl3SiTi. The maximum Gasteiger partial charge on any atom is -1.00 e. The molecule has 0 heterocycles. The monoisotopic (exact) mass is 486 g/mol. The summed E-state index contributed by atoms with van der Waals surface area (Å²) in [7, 11) is -0.472. The second kappa shape index (κ2) is 10.8. The number of aryl methyl sites for hydroxylation is 1. The maximum absolute atomic E-state index is 2.45. The van der Waals surface area contributed by atoms with Gasteiger partial charge >= 0.3 is 168 Å². The Morgan fingerprint density at radius 1 is 0.929 bits per heavy atom. The minimum atomic E-state index is -0.472. The van der Waals surface area contributed by atoms with Crippen LogP contribution in [-0.4, -0.2) is 9.52 Å². The minimum absolute atomic E-state index is 0. The number of benzene rings is 1. The number of halogens is 3. The smallest absolute Gasteiger partial charge is 1.00 e. The van der Waals surface area contributed by atoms with Gasteiger partial charge in [0.25, 0.3) is 0 Å². The molecule has 150 valence electrons. The summed E-state index contributed by atoms with van der Waals surface area (Å²) < 4.78 is 1.64. The molecule has 0 bridgehead atoms. The van der Waals surface area contributed by atoms with Crippen molar-refractivity contribution >= 4 is 14.7 Å². The van der Waals surface area contributed by atoms with E-state index in [1.165, 1.54) is 23.1 Å². The molecule has 1 aromatic carbocycles. The summed E-state index contributed by atoms with van der Waals surface area (Å²) in [4.78, 5) is 0. The first kappa shape index (κ1) is 28.0. The second-order valence-corrected chi connectivity index (χ2v) is 11.5. The Labute approximate surface area is 203 Å². The van der Waals surface area contributed by atoms with Crippen molar-refractivity contribution in [1.29, 1.82) is 0 Å². The first-order chi connectivity index (χ1) is 11.8. The van der Waals surface area contributed by atoms with E-state index >= 15 is 0 Å². The van der Waals surface area contributed by atoms with Gasteiger partial charge in [0.2, 0.25) is 0 Å². The van der Waals surface area contributed by atoms with Gasteiger partial charge in [-0.1, -0.05) is 0 Å². The number of hydrogen-bond donors (Lipinski definition) is 0. The van der Waals surface area contributed by atoms with E-state index in [4.69, 9.17) is 0 Å². The van der Waals surface area contributed by atoms with Crippen LogP contribution in [0.25, 0.3) is 0 Å². The Kier molecular flexibility index (Phi) is 10.8. The third kappa shape index (κ3) is 5.36. The molecule has 0 fully saturated rings. The zero-order chi connectivity index (χ0) is 18.2. The molecule has 0 nitrogen and oxygen atoms in total. The molecule has 2 atom stereocenters. The molecule has 0 N–H and O–H groups in total. The Hall–Kier alpha value is -0.0188. The van der Waals surface area contributed by atoms with Crippen LogP contribution in [0.2, 0.25) is 5.04 Å². The molecule has 0 radical (unpaired) electrons. The van der Waals surface area contributed by atoms with E-state index in [1.807, 2.05) is 0 Å². The summed E-state index contributed by atoms with van der Waals surface area (Å²) in [5, 5.41) is 1.87. The summed E-state index contributed by atoms with van der Waals surface area (Å²) in [6.07, 6.45) is 11.6. The van der Waals surface area contributed by atoms with Crippen LogP contribution in [0, 0.1) is 12.3 Å². The molecule has 3 rings (SSSR count). The van der Waals surface area contributed by atoms with Crippen LogP contribution in [0.4, 0.5) is 0 Å². The SMILES string of the molecule is CC1=C(C)C(CC2(C)C=CC=CC2)([SiH2]c2ccc(C)cc2)[C]([Ti+3])=C1C.[Cl-].[Cl-].[Cl-]. The topological polar surface area (TPSA) is 0 Å². The number of hydrogen-bond acceptors (Lipinski definition) is 0. The average Bonchev–Trinajstić information content (AvgIpc) is 2.73. The number of allylic oxidation sites excluding steroid dienone is 8. The van der Waals surface area contributed by atoms with E-state index in [1.54, 1.807) is 14.6 Å². The fourth-order valence-corrected chi connectivity index (χ4v) is 8.50. The van der Waals surface area contributed by atoms with Gasteiger partial charge in [-0.15, -0.1) is 0 Å². The fraction of sp³-hybridized carbons (Fsp3) is 0.391. The zero-order valence-corrected chi connectivity index (χ0v) is 22.6. The van der Waals surface area contributed by atoms with E-state index in [-0.39, 0.29) is 47.7 Å². The van der Waals surface area contributed by atoms with E-state index in [0.29, 0.717) is 0 Å². The van der Waals surface area contributed by atoms with Crippen LogP contribution >= 0.6 is 0 Å². The van der Waals surface area contributed by atoms with Crippen molar-refractivity contribution in [2.75, 3.05) is 0 Å². The summed E-state index contributed by atoms with van der Waals surface area (Å²) in [6, 6.07) is 9.33. The van der Waals surface area contributed by atoms with Crippen LogP contribution in [0.3, 0.4) is 0 Å². The molecule has 0 saturated heterocycles. The third-order valence-corrected chi connectivity index (χ3v) is 10.9. The third-order valence-electron chi connectivity index (χ3n) is 6.36. The van der Waals surface area contributed by atoms with Crippen molar-refractivity contribution in [1.82, 2.24) is 0 Å². The van der Waals surface area contributed by atoms with Gasteiger partial charge in [-0.2, -0.15) is 0 Å². The summed E-state index contributed by atoms with van der Waals surface area (Å²) in [5.74, 6) is 0. The predicted octanol–water partition coefficient (Wildman–Crippen LogP) is -3.96. The quantitative estimate of drug-likeness (QED) is 0.381. The summed E-state index contributed by atoms with van der Waals surface area (Å²) >= 11 is 2.41. The van der Waals surface area contributed by atoms with Crippen molar-refractivity contribution < 1.29 is 57.7 Å². The zero-order valence-electron chi connectivity index (χ0n) is 17.4. The Morgan fingerprint density at radius 2 is 1.54 bits per heavy atom. The molecule has 0 saturated carbocycles. The summed E-state index contributed by atoms with van der Waals surface area (Å²) in [5.41, 5.74) is 6.34. The number of rotatable bonds is 4. The molecule has 5 heteroatoms. The van der Waals surface area contributed by atoms with Gasteiger partial charge in [0.1, 0.15) is 0 Å². The van der Waals surface area contributed by atoms with E-state index in [9.17, 15) is 0 Å². The largest absolute Gasteiger partial charge is 1.00 e. The van der Waals surface area contributed by atoms with Gasteiger partial charge in [-0.25, -0.2) is 0 Å². The van der Waals surface area contributed by atoms with Gasteiger partial charge in [-0.3, -0.25) is 0 Å². The Balaban J connectivity index is 0.00000243. The van der Waals surface area contributed by atoms with Crippen LogP contribution in [0.15, 0.2) is 69.2 Å². The molecule has 0 spiro atoms. The molecule has 0 amide bonds. The maximum atomic E-state index is 2.45. The first-order valence-corrected chi connectivity index (χ1v) is 11.5. The Morgan fingerprint density at radius 3 is 2.00 bits per heavy atom. The van der Waals surface area contributed by atoms with Crippen LogP contribution in [-0.2, 0) is 20.4 Å². The molecule has 1 aromatic rings. The molecule has 2 unspecified atom stereocenters. The van der Waals surface area contributed by atoms with Gasteiger partial charge in [0.15, 0.2) is 0 Å². The van der Waals surface area contributed by atoms with Crippen LogP contribution < -0.4 is 42.4 Å². The normalized spacial score (nSPS) is 26.4. The second-order valence-electron chi connectivity index (χ2n) is 8.32. The van der Waals surface area contributed by atoms with E-state index in [0.717, 1.165) is 6.42 Å². The fourth-order valence-electron chi connectivity index (χ4n) is 4.53. The van der Waals surface area contributed by atoms with Crippen molar-refractivity contribution in [2.45, 2.75) is 52.5 Å². The standard InChI is InChI=1S/C23H29Si.3ClH.Ti/c1-17-9-11-21(12-10-17)24-23(15-18(2)19(3)20(23)4)16-22(5)13-7-6-8-14-22;;;;/h6-13H,14,16,24H2,1-5H3;3*1H;/q;;;;+3/p-3. The molecule has 2 aliphatic rings. The molecule has 28 heavy (non-hydrogen) atoms. The molecule has 0 aromatic heterocycles. The average molecular weight is 488 g/mol. The van der Waals surface area contributed by atoms with Crippen molar-refractivity contribution in [3.63, 3.8) is 0 Å². The predicted molar refractivity (Wildman–Crippen MR) is 109 cm³/mol. The molecule has 0 aliphatic heterocycles. The Bertz CT molecular complexity index is 782. The van der Waals surface area contributed by atoms with Gasteiger partial charge in [0, 0.05) is 0 Å².